The van der Waals surface area contributed by atoms with Crippen LogP contribution in [-0.4, -0.2) is 30.8 Å². The van der Waals surface area contributed by atoms with Crippen molar-refractivity contribution in [1.29, 1.82) is 0 Å². The first-order valence-corrected chi connectivity index (χ1v) is 5.51. The molecule has 0 unspecified atom stereocenters. The molecule has 0 spiro atoms. The van der Waals surface area contributed by atoms with Crippen LogP contribution in [0.15, 0.2) is 18.2 Å². The van der Waals surface area contributed by atoms with Crippen molar-refractivity contribution < 1.29 is 14.6 Å². The molecule has 0 aliphatic rings. The first-order chi connectivity index (χ1) is 8.09. The van der Waals surface area contributed by atoms with E-state index in [1.165, 1.54) is 0 Å². The molecule has 1 aromatic carbocycles. The zero-order chi connectivity index (χ0) is 12.7. The van der Waals surface area contributed by atoms with Crippen molar-refractivity contribution in [3.8, 4) is 5.75 Å². The molecule has 17 heavy (non-hydrogen) atoms. The van der Waals surface area contributed by atoms with E-state index in [0.717, 1.165) is 5.56 Å². The lowest BCUT2D eigenvalue weighted by Gasteiger charge is -2.06. The van der Waals surface area contributed by atoms with Crippen molar-refractivity contribution in [2.24, 2.45) is 5.73 Å². The summed E-state index contributed by atoms with van der Waals surface area (Å²) >= 11 is 5.76. The molecule has 1 rings (SSSR count). The second-order valence-electron chi connectivity index (χ2n) is 3.48. The van der Waals surface area contributed by atoms with Crippen LogP contribution in [0.1, 0.15) is 5.56 Å². The summed E-state index contributed by atoms with van der Waals surface area (Å²) in [6, 6.07) is 5.01. The monoisotopic (exact) mass is 258 g/mol. The number of phenols is 1. The Morgan fingerprint density at radius 3 is 2.94 bits per heavy atom. The van der Waals surface area contributed by atoms with Crippen LogP contribution in [0.25, 0.3) is 0 Å². The van der Waals surface area contributed by atoms with Crippen LogP contribution in [0, 0.1) is 0 Å². The van der Waals surface area contributed by atoms with Gasteiger partial charge in [-0.2, -0.15) is 0 Å². The highest BCUT2D eigenvalue weighted by atomic mass is 35.5. The molecule has 1 amide bonds. The van der Waals surface area contributed by atoms with E-state index < -0.39 is 5.91 Å². The smallest absolute Gasteiger partial charge is 0.243 e. The van der Waals surface area contributed by atoms with Crippen LogP contribution in [0.2, 0.25) is 5.02 Å². The van der Waals surface area contributed by atoms with Gasteiger partial charge in [0, 0.05) is 13.1 Å². The molecule has 0 fully saturated rings. The number of nitrogens with two attached hydrogens (primary N) is 1. The topological polar surface area (TPSA) is 84.6 Å². The minimum absolute atomic E-state index is 0.0628. The van der Waals surface area contributed by atoms with E-state index in [0.29, 0.717) is 24.7 Å². The predicted molar refractivity (Wildman–Crippen MR) is 64.8 cm³/mol. The van der Waals surface area contributed by atoms with Crippen LogP contribution >= 0.6 is 11.6 Å². The molecule has 5 nitrogen and oxygen atoms in total. The molecule has 94 valence electrons. The third kappa shape index (κ3) is 5.53. The fourth-order valence-corrected chi connectivity index (χ4v) is 1.41. The Balaban J connectivity index is 2.18. The third-order valence-corrected chi connectivity index (χ3v) is 2.31. The maximum atomic E-state index is 10.4. The van der Waals surface area contributed by atoms with Gasteiger partial charge in [0.05, 0.1) is 11.6 Å². The number of aromatic hydroxyl groups is 1. The van der Waals surface area contributed by atoms with E-state index in [1.807, 2.05) is 0 Å². The number of carbonyl (C=O) groups is 1. The lowest BCUT2D eigenvalue weighted by molar-refractivity contribution is -0.122. The molecule has 0 heterocycles. The van der Waals surface area contributed by atoms with Crippen LogP contribution < -0.4 is 11.1 Å². The summed E-state index contributed by atoms with van der Waals surface area (Å²) in [6.45, 7) is 1.56. The Hall–Kier alpha value is -1.30. The van der Waals surface area contributed by atoms with Crippen LogP contribution in [0.5, 0.6) is 5.75 Å². The number of nitrogens with one attached hydrogen (secondary N) is 1. The number of halogens is 1. The molecule has 0 bridgehead atoms. The number of phenolic OH excluding ortho intramolecular Hbond substituents is 1. The molecule has 1 aromatic rings. The van der Waals surface area contributed by atoms with Crippen molar-refractivity contribution in [3.63, 3.8) is 0 Å². The van der Waals surface area contributed by atoms with Crippen molar-refractivity contribution in [3.05, 3.63) is 28.8 Å². The lowest BCUT2D eigenvalue weighted by Crippen LogP contribution is -2.23. The second-order valence-corrected chi connectivity index (χ2v) is 3.89. The van der Waals surface area contributed by atoms with E-state index in [-0.39, 0.29) is 12.4 Å². The summed E-state index contributed by atoms with van der Waals surface area (Å²) in [4.78, 5) is 10.4. The summed E-state index contributed by atoms with van der Waals surface area (Å²) in [5, 5.41) is 12.7. The molecule has 0 radical (unpaired) electrons. The van der Waals surface area contributed by atoms with Gasteiger partial charge in [-0.25, -0.2) is 0 Å². The first-order valence-electron chi connectivity index (χ1n) is 5.13. The van der Waals surface area contributed by atoms with E-state index in [1.54, 1.807) is 18.2 Å². The van der Waals surface area contributed by atoms with E-state index >= 15 is 0 Å². The average Bonchev–Trinajstić information content (AvgIpc) is 2.27. The summed E-state index contributed by atoms with van der Waals surface area (Å²) in [5.74, 6) is -0.407. The molecule has 6 heteroatoms. The van der Waals surface area contributed by atoms with Gasteiger partial charge >= 0.3 is 0 Å². The van der Waals surface area contributed by atoms with Gasteiger partial charge in [0.25, 0.3) is 0 Å². The molecule has 4 N–H and O–H groups in total. The SMILES string of the molecule is NC(=O)COCCNCc1ccc(O)c(Cl)c1. The number of hydrogen-bond acceptors (Lipinski definition) is 4. The van der Waals surface area contributed by atoms with Gasteiger partial charge in [0.15, 0.2) is 0 Å². The molecule has 0 atom stereocenters. The largest absolute Gasteiger partial charge is 0.506 e. The summed E-state index contributed by atoms with van der Waals surface area (Å²) in [7, 11) is 0. The van der Waals surface area contributed by atoms with Gasteiger partial charge in [-0.05, 0) is 17.7 Å². The van der Waals surface area contributed by atoms with Gasteiger partial charge in [0.1, 0.15) is 12.4 Å². The zero-order valence-electron chi connectivity index (χ0n) is 9.28. The van der Waals surface area contributed by atoms with Gasteiger partial charge < -0.3 is 20.9 Å². The van der Waals surface area contributed by atoms with E-state index in [2.05, 4.69) is 5.32 Å². The highest BCUT2D eigenvalue weighted by Gasteiger charge is 1.99. The Bertz CT molecular complexity index is 385. The minimum Gasteiger partial charge on any atom is -0.506 e. The standard InChI is InChI=1S/C11H15ClN2O3/c12-9-5-8(1-2-10(9)15)6-14-3-4-17-7-11(13)16/h1-2,5,14-15H,3-4,6-7H2,(H2,13,16). The number of primary amides is 1. The van der Waals surface area contributed by atoms with Crippen molar-refractivity contribution in [1.82, 2.24) is 5.32 Å². The highest BCUT2D eigenvalue weighted by molar-refractivity contribution is 6.32. The van der Waals surface area contributed by atoms with Gasteiger partial charge in [-0.15, -0.1) is 0 Å². The number of amides is 1. The Morgan fingerprint density at radius 2 is 2.29 bits per heavy atom. The zero-order valence-corrected chi connectivity index (χ0v) is 10.0. The number of rotatable bonds is 7. The van der Waals surface area contributed by atoms with Gasteiger partial charge in [-0.1, -0.05) is 17.7 Å². The Kier molecular flexibility index (Phi) is 5.76. The summed E-state index contributed by atoms with van der Waals surface area (Å²) in [6.07, 6.45) is 0. The minimum atomic E-state index is -0.477. The van der Waals surface area contributed by atoms with Crippen molar-refractivity contribution in [2.45, 2.75) is 6.54 Å². The third-order valence-electron chi connectivity index (χ3n) is 2.01. The molecular weight excluding hydrogens is 244 g/mol. The molecular formula is C11H15ClN2O3. The van der Waals surface area contributed by atoms with Crippen LogP contribution in [0.4, 0.5) is 0 Å². The Labute approximate surface area is 105 Å². The summed E-state index contributed by atoms with van der Waals surface area (Å²) in [5.41, 5.74) is 5.87. The number of hydrogen-bond donors (Lipinski definition) is 3. The Morgan fingerprint density at radius 1 is 1.53 bits per heavy atom. The number of ether oxygens (including phenoxy) is 1. The molecule has 0 aliphatic carbocycles. The van der Waals surface area contributed by atoms with Crippen LogP contribution in [-0.2, 0) is 16.1 Å². The first kappa shape index (κ1) is 13.8. The number of benzene rings is 1. The van der Waals surface area contributed by atoms with Crippen molar-refractivity contribution in [2.75, 3.05) is 19.8 Å². The molecule has 0 saturated carbocycles. The summed E-state index contributed by atoms with van der Waals surface area (Å²) < 4.78 is 4.97. The fraction of sp³-hybridized carbons (Fsp3) is 0.364. The van der Waals surface area contributed by atoms with Gasteiger partial charge in [0.2, 0.25) is 5.91 Å². The van der Waals surface area contributed by atoms with E-state index in [9.17, 15) is 9.90 Å². The lowest BCUT2D eigenvalue weighted by atomic mass is 10.2. The molecule has 0 saturated heterocycles. The molecule has 0 aliphatic heterocycles. The second kappa shape index (κ2) is 7.11. The maximum absolute atomic E-state index is 10.4. The van der Waals surface area contributed by atoms with Crippen LogP contribution in [0.3, 0.4) is 0 Å². The quantitative estimate of drug-likeness (QED) is 0.627. The fourth-order valence-electron chi connectivity index (χ4n) is 1.21. The van der Waals surface area contributed by atoms with Gasteiger partial charge in [-0.3, -0.25) is 4.79 Å². The number of carbonyl (C=O) groups excluding carboxylic acids is 1. The average molecular weight is 259 g/mol. The van der Waals surface area contributed by atoms with E-state index in [4.69, 9.17) is 22.1 Å². The predicted octanol–water partition coefficient (Wildman–Crippen LogP) is 0.637. The maximum Gasteiger partial charge on any atom is 0.243 e. The van der Waals surface area contributed by atoms with Crippen molar-refractivity contribution >= 4 is 17.5 Å². The highest BCUT2D eigenvalue weighted by Crippen LogP contribution is 2.23. The normalized spacial score (nSPS) is 10.4. The molecule has 0 aromatic heterocycles.